The fraction of sp³-hybridized carbons (Fsp3) is 0.303. The summed E-state index contributed by atoms with van der Waals surface area (Å²) in [5, 5.41) is 5.47. The van der Waals surface area contributed by atoms with Gasteiger partial charge in [0.25, 0.3) is 0 Å². The van der Waals surface area contributed by atoms with Crippen LogP contribution in [0, 0.1) is 17.6 Å². The third-order valence-corrected chi connectivity index (χ3v) is 7.52. The molecule has 1 fully saturated rings. The number of fused-ring (bicyclic) bond motifs is 1. The van der Waals surface area contributed by atoms with E-state index in [1.54, 1.807) is 31.5 Å². The number of rotatable bonds is 11. The minimum Gasteiger partial charge on any atom is -0.493 e. The van der Waals surface area contributed by atoms with Gasteiger partial charge in [0.1, 0.15) is 11.6 Å². The Hall–Kier alpha value is -4.77. The zero-order valence-electron chi connectivity index (χ0n) is 24.7. The van der Waals surface area contributed by atoms with E-state index in [-0.39, 0.29) is 11.4 Å². The summed E-state index contributed by atoms with van der Waals surface area (Å²) in [4.78, 5) is 19.0. The van der Waals surface area contributed by atoms with E-state index >= 15 is 4.39 Å². The first-order valence-corrected chi connectivity index (χ1v) is 14.5. The van der Waals surface area contributed by atoms with Crippen LogP contribution < -0.4 is 25.0 Å². The molecule has 0 aliphatic carbocycles. The monoisotopic (exact) mass is 603 g/mol. The van der Waals surface area contributed by atoms with Crippen LogP contribution in [0.15, 0.2) is 72.0 Å². The van der Waals surface area contributed by atoms with E-state index in [2.05, 4.69) is 21.9 Å². The van der Waals surface area contributed by atoms with Crippen LogP contribution in [0.4, 0.5) is 19.3 Å². The zero-order valence-corrected chi connectivity index (χ0v) is 24.7. The molecule has 0 bridgehead atoms. The molecule has 0 atom stereocenters. The molecule has 230 valence electrons. The van der Waals surface area contributed by atoms with E-state index in [4.69, 9.17) is 19.9 Å². The predicted octanol–water partition coefficient (Wildman–Crippen LogP) is 6.73. The fourth-order valence-electron chi connectivity index (χ4n) is 4.99. The summed E-state index contributed by atoms with van der Waals surface area (Å²) in [6, 6.07) is 13.6. The molecule has 2 amide bonds. The minimum absolute atomic E-state index is 0.0820. The first kappa shape index (κ1) is 30.7. The zero-order chi connectivity index (χ0) is 31.1. The summed E-state index contributed by atoms with van der Waals surface area (Å²) in [6.45, 7) is 6.09. The quantitative estimate of drug-likeness (QED) is 0.116. The first-order chi connectivity index (χ1) is 21.3. The van der Waals surface area contributed by atoms with Crippen molar-refractivity contribution in [3.8, 4) is 23.0 Å². The number of piperidine rings is 1. The van der Waals surface area contributed by atoms with Crippen molar-refractivity contribution in [1.29, 1.82) is 0 Å². The van der Waals surface area contributed by atoms with Crippen LogP contribution in [0.25, 0.3) is 10.9 Å². The van der Waals surface area contributed by atoms with Gasteiger partial charge >= 0.3 is 6.03 Å². The Balaban J connectivity index is 1.29. The van der Waals surface area contributed by atoms with Crippen molar-refractivity contribution < 1.29 is 27.8 Å². The number of ether oxygens (including phenoxy) is 3. The van der Waals surface area contributed by atoms with Crippen LogP contribution in [0.2, 0.25) is 0 Å². The number of hydrazone groups is 1. The van der Waals surface area contributed by atoms with Crippen LogP contribution in [-0.2, 0) is 0 Å². The topological polar surface area (TPSA) is 103 Å². The Labute approximate surface area is 254 Å². The molecule has 0 spiro atoms. The lowest BCUT2D eigenvalue weighted by Gasteiger charge is -2.30. The molecule has 0 saturated carbocycles. The standard InChI is InChI=1S/C33H35F2N5O4/c1-22-11-15-39(16-12-22)14-3-17-43-32-20-28-26(19-31(32)42-2)29(10-13-37-28)44-30-9-8-25(18-27(30)35)40(33(36)41)38-21-23-4-6-24(34)7-5-23/h4-10,13,18-22H,3,11-12,14-17H2,1-2H3,(H2,36,41)/b38-21+. The number of carbonyl (C=O) groups is 1. The second kappa shape index (κ2) is 14.1. The SMILES string of the molecule is COc1cc2c(Oc3ccc(N(/N=C/c4ccc(F)cc4)C(N)=O)cc3F)ccnc2cc1OCCCN1CCC(C)CC1. The van der Waals surface area contributed by atoms with Gasteiger partial charge in [-0.25, -0.2) is 13.6 Å². The molecule has 44 heavy (non-hydrogen) atoms. The summed E-state index contributed by atoms with van der Waals surface area (Å²) in [6.07, 6.45) is 6.25. The second-order valence-electron chi connectivity index (χ2n) is 10.7. The highest BCUT2D eigenvalue weighted by molar-refractivity contribution is 5.93. The molecule has 1 aliphatic heterocycles. The second-order valence-corrected chi connectivity index (χ2v) is 10.7. The van der Waals surface area contributed by atoms with E-state index < -0.39 is 17.7 Å². The molecule has 0 radical (unpaired) electrons. The number of hydrogen-bond acceptors (Lipinski definition) is 7. The van der Waals surface area contributed by atoms with E-state index in [9.17, 15) is 9.18 Å². The van der Waals surface area contributed by atoms with E-state index in [0.29, 0.717) is 40.3 Å². The van der Waals surface area contributed by atoms with Gasteiger partial charge in [-0.15, -0.1) is 0 Å². The van der Waals surface area contributed by atoms with Gasteiger partial charge in [0.2, 0.25) is 0 Å². The smallest absolute Gasteiger partial charge is 0.340 e. The lowest BCUT2D eigenvalue weighted by Crippen LogP contribution is -2.34. The normalized spacial score (nSPS) is 14.2. The van der Waals surface area contributed by atoms with Crippen molar-refractivity contribution in [1.82, 2.24) is 9.88 Å². The number of likely N-dealkylation sites (tertiary alicyclic amines) is 1. The van der Waals surface area contributed by atoms with Gasteiger partial charge in [0.05, 0.1) is 31.1 Å². The molecule has 0 unspecified atom stereocenters. The van der Waals surface area contributed by atoms with Crippen LogP contribution in [0.3, 0.4) is 0 Å². The third kappa shape index (κ3) is 7.59. The molecule has 2 N–H and O–H groups in total. The summed E-state index contributed by atoms with van der Waals surface area (Å²) in [5.41, 5.74) is 6.68. The van der Waals surface area contributed by atoms with Crippen molar-refractivity contribution in [2.75, 3.05) is 38.4 Å². The highest BCUT2D eigenvalue weighted by atomic mass is 19.1. The number of nitrogens with two attached hydrogens (primary N) is 1. The van der Waals surface area contributed by atoms with Crippen molar-refractivity contribution in [3.63, 3.8) is 0 Å². The molecular formula is C33H35F2N5O4. The largest absolute Gasteiger partial charge is 0.493 e. The number of primary amides is 1. The van der Waals surface area contributed by atoms with Gasteiger partial charge in [-0.05, 0) is 80.2 Å². The van der Waals surface area contributed by atoms with Crippen LogP contribution in [-0.4, -0.2) is 55.5 Å². The average molecular weight is 604 g/mol. The highest BCUT2D eigenvalue weighted by Crippen LogP contribution is 2.38. The maximum atomic E-state index is 15.2. The predicted molar refractivity (Wildman–Crippen MR) is 166 cm³/mol. The van der Waals surface area contributed by atoms with Crippen LogP contribution in [0.5, 0.6) is 23.0 Å². The lowest BCUT2D eigenvalue weighted by atomic mass is 9.99. The number of halogens is 2. The van der Waals surface area contributed by atoms with Gasteiger partial charge in [-0.1, -0.05) is 19.1 Å². The number of amides is 2. The molecular weight excluding hydrogens is 568 g/mol. The molecule has 2 heterocycles. The molecule has 1 aromatic heterocycles. The number of anilines is 1. The first-order valence-electron chi connectivity index (χ1n) is 14.5. The molecule has 3 aromatic carbocycles. The number of pyridine rings is 1. The number of hydrogen-bond donors (Lipinski definition) is 1. The summed E-state index contributed by atoms with van der Waals surface area (Å²) >= 11 is 0. The number of benzene rings is 3. The van der Waals surface area contributed by atoms with Crippen LogP contribution >= 0.6 is 0 Å². The fourth-order valence-corrected chi connectivity index (χ4v) is 4.99. The lowest BCUT2D eigenvalue weighted by molar-refractivity contribution is 0.176. The van der Waals surface area contributed by atoms with Crippen LogP contribution in [0.1, 0.15) is 31.7 Å². The van der Waals surface area contributed by atoms with Crippen molar-refractivity contribution >= 4 is 28.8 Å². The Bertz CT molecular complexity index is 1630. The number of aromatic nitrogens is 1. The Morgan fingerprint density at radius 2 is 1.82 bits per heavy atom. The van der Waals surface area contributed by atoms with Gasteiger partial charge in [-0.3, -0.25) is 4.98 Å². The Morgan fingerprint density at radius 3 is 2.52 bits per heavy atom. The van der Waals surface area contributed by atoms with E-state index in [0.717, 1.165) is 43.0 Å². The van der Waals surface area contributed by atoms with Gasteiger partial charge < -0.3 is 24.8 Å². The van der Waals surface area contributed by atoms with E-state index in [1.165, 1.54) is 55.5 Å². The molecule has 5 rings (SSSR count). The maximum Gasteiger partial charge on any atom is 0.340 e. The number of urea groups is 1. The molecule has 1 aliphatic rings. The van der Waals surface area contributed by atoms with Crippen molar-refractivity contribution in [2.45, 2.75) is 26.2 Å². The molecule has 9 nitrogen and oxygen atoms in total. The Morgan fingerprint density at radius 1 is 1.05 bits per heavy atom. The van der Waals surface area contributed by atoms with Gasteiger partial charge in [0.15, 0.2) is 23.1 Å². The van der Waals surface area contributed by atoms with Crippen molar-refractivity contribution in [2.24, 2.45) is 16.8 Å². The Kier molecular flexibility index (Phi) is 9.86. The van der Waals surface area contributed by atoms with Gasteiger partial charge in [0, 0.05) is 30.3 Å². The summed E-state index contributed by atoms with van der Waals surface area (Å²) in [5.74, 6) is 0.995. The third-order valence-electron chi connectivity index (χ3n) is 7.52. The average Bonchev–Trinajstić information content (AvgIpc) is 3.02. The highest BCUT2D eigenvalue weighted by Gasteiger charge is 2.18. The maximum absolute atomic E-state index is 15.2. The number of carbonyl (C=O) groups excluding carboxylic acids is 1. The minimum atomic E-state index is -0.928. The van der Waals surface area contributed by atoms with E-state index in [1.807, 2.05) is 0 Å². The van der Waals surface area contributed by atoms with Crippen molar-refractivity contribution in [3.05, 3.63) is 84.1 Å². The molecule has 1 saturated heterocycles. The summed E-state index contributed by atoms with van der Waals surface area (Å²) < 4.78 is 46.0. The van der Waals surface area contributed by atoms with Gasteiger partial charge in [-0.2, -0.15) is 10.1 Å². The molecule has 4 aromatic rings. The summed E-state index contributed by atoms with van der Waals surface area (Å²) in [7, 11) is 1.56. The number of methoxy groups -OCH3 is 1. The molecule has 11 heteroatoms. The number of nitrogens with zero attached hydrogens (tertiary/aromatic N) is 4.